The molecule has 0 aliphatic heterocycles. The molecule has 10 rings (SSSR count). The summed E-state index contributed by atoms with van der Waals surface area (Å²) in [6.07, 6.45) is 0. The number of anilines is 3. The molecule has 0 saturated carbocycles. The van der Waals surface area contributed by atoms with Crippen molar-refractivity contribution in [3.8, 4) is 33.4 Å². The van der Waals surface area contributed by atoms with Crippen LogP contribution in [-0.4, -0.2) is 0 Å². The van der Waals surface area contributed by atoms with Gasteiger partial charge in [0.1, 0.15) is 11.2 Å². The summed E-state index contributed by atoms with van der Waals surface area (Å²) in [5, 5.41) is 7.24. The molecule has 0 bridgehead atoms. The minimum absolute atomic E-state index is 0.864. The van der Waals surface area contributed by atoms with Crippen LogP contribution in [0.1, 0.15) is 0 Å². The van der Waals surface area contributed by atoms with E-state index in [9.17, 15) is 0 Å². The Bertz CT molecular complexity index is 2870. The van der Waals surface area contributed by atoms with Crippen molar-refractivity contribution >= 4 is 60.5 Å². The van der Waals surface area contributed by atoms with Crippen LogP contribution in [0.5, 0.6) is 0 Å². The van der Waals surface area contributed by atoms with Crippen LogP contribution >= 0.6 is 0 Å². The second-order valence-corrected chi connectivity index (χ2v) is 13.3. The summed E-state index contributed by atoms with van der Waals surface area (Å²) < 4.78 is 6.50. The largest absolute Gasteiger partial charge is 0.456 e. The standard InChI is InChI=1S/C50H33NO/c1-3-10-34(11-4-1)36-22-27-42(28-23-36)51(47-16-9-17-49-50(47)46-33-41(26-31-48(46)52-49)35-12-5-2-6-13-35)43-29-24-37(25-30-43)40-21-20-39-19-18-38-14-7-8-15-44(38)45(39)32-40/h1-33H. The topological polar surface area (TPSA) is 16.4 Å². The van der Waals surface area contributed by atoms with E-state index in [4.69, 9.17) is 4.42 Å². The lowest BCUT2D eigenvalue weighted by atomic mass is 9.97. The van der Waals surface area contributed by atoms with E-state index < -0.39 is 0 Å². The van der Waals surface area contributed by atoms with Gasteiger partial charge in [-0.15, -0.1) is 0 Å². The molecular weight excluding hydrogens is 631 g/mol. The van der Waals surface area contributed by atoms with E-state index in [0.717, 1.165) is 44.6 Å². The molecule has 0 unspecified atom stereocenters. The molecule has 0 aliphatic rings. The van der Waals surface area contributed by atoms with Crippen LogP contribution in [0, 0.1) is 0 Å². The van der Waals surface area contributed by atoms with E-state index >= 15 is 0 Å². The average molecular weight is 664 g/mol. The lowest BCUT2D eigenvalue weighted by molar-refractivity contribution is 0.669. The molecule has 244 valence electrons. The van der Waals surface area contributed by atoms with Crippen LogP contribution in [-0.2, 0) is 0 Å². The van der Waals surface area contributed by atoms with E-state index in [1.54, 1.807) is 0 Å². The summed E-state index contributed by atoms with van der Waals surface area (Å²) in [7, 11) is 0. The number of benzene rings is 9. The monoisotopic (exact) mass is 663 g/mol. The molecule has 0 spiro atoms. The van der Waals surface area contributed by atoms with E-state index in [1.807, 2.05) is 0 Å². The lowest BCUT2D eigenvalue weighted by Gasteiger charge is -2.26. The fourth-order valence-electron chi connectivity index (χ4n) is 7.65. The average Bonchev–Trinajstić information content (AvgIpc) is 3.61. The molecule has 0 saturated heterocycles. The molecule has 0 fully saturated rings. The maximum absolute atomic E-state index is 6.50. The number of furan rings is 1. The van der Waals surface area contributed by atoms with Crippen molar-refractivity contribution < 1.29 is 4.42 Å². The van der Waals surface area contributed by atoms with Gasteiger partial charge < -0.3 is 9.32 Å². The van der Waals surface area contributed by atoms with Crippen molar-refractivity contribution in [1.29, 1.82) is 0 Å². The third-order valence-corrected chi connectivity index (χ3v) is 10.3. The van der Waals surface area contributed by atoms with Gasteiger partial charge in [0.15, 0.2) is 0 Å². The molecule has 0 atom stereocenters. The van der Waals surface area contributed by atoms with Gasteiger partial charge in [0.05, 0.1) is 11.1 Å². The molecular formula is C50H33NO. The highest BCUT2D eigenvalue weighted by atomic mass is 16.3. The van der Waals surface area contributed by atoms with Crippen LogP contribution in [0.15, 0.2) is 205 Å². The summed E-state index contributed by atoms with van der Waals surface area (Å²) in [5.74, 6) is 0. The van der Waals surface area contributed by atoms with E-state index in [1.165, 1.54) is 49.4 Å². The second kappa shape index (κ2) is 12.5. The molecule has 9 aromatic carbocycles. The smallest absolute Gasteiger partial charge is 0.137 e. The van der Waals surface area contributed by atoms with Crippen molar-refractivity contribution in [2.75, 3.05) is 4.90 Å². The minimum Gasteiger partial charge on any atom is -0.456 e. The Morgan fingerprint density at radius 3 is 1.50 bits per heavy atom. The summed E-state index contributed by atoms with van der Waals surface area (Å²) in [6, 6.07) is 71.7. The van der Waals surface area contributed by atoms with Gasteiger partial charge in [-0.05, 0) is 110 Å². The van der Waals surface area contributed by atoms with E-state index in [0.29, 0.717) is 0 Å². The van der Waals surface area contributed by atoms with Crippen LogP contribution in [0.25, 0.3) is 76.9 Å². The van der Waals surface area contributed by atoms with Gasteiger partial charge in [-0.25, -0.2) is 0 Å². The number of rotatable bonds is 6. The molecule has 0 amide bonds. The lowest BCUT2D eigenvalue weighted by Crippen LogP contribution is -2.10. The van der Waals surface area contributed by atoms with Crippen LogP contribution < -0.4 is 4.90 Å². The first kappa shape index (κ1) is 30.0. The molecule has 2 heteroatoms. The zero-order valence-electron chi connectivity index (χ0n) is 28.4. The predicted octanol–water partition coefficient (Wildman–Crippen LogP) is 14.4. The van der Waals surface area contributed by atoms with Gasteiger partial charge in [0.25, 0.3) is 0 Å². The zero-order chi connectivity index (χ0) is 34.4. The Kier molecular flexibility index (Phi) is 7.18. The van der Waals surface area contributed by atoms with Gasteiger partial charge >= 0.3 is 0 Å². The van der Waals surface area contributed by atoms with Gasteiger partial charge in [-0.2, -0.15) is 0 Å². The highest BCUT2D eigenvalue weighted by Gasteiger charge is 2.20. The molecule has 52 heavy (non-hydrogen) atoms. The first-order chi connectivity index (χ1) is 25.8. The maximum atomic E-state index is 6.50. The van der Waals surface area contributed by atoms with Gasteiger partial charge in [0.2, 0.25) is 0 Å². The fraction of sp³-hybridized carbons (Fsp3) is 0. The van der Waals surface area contributed by atoms with Crippen LogP contribution in [0.2, 0.25) is 0 Å². The molecule has 1 aromatic heterocycles. The van der Waals surface area contributed by atoms with Gasteiger partial charge in [-0.3, -0.25) is 0 Å². The number of fused-ring (bicyclic) bond motifs is 6. The molecule has 10 aromatic rings. The summed E-state index contributed by atoms with van der Waals surface area (Å²) in [6.45, 7) is 0. The quantitative estimate of drug-likeness (QED) is 0.165. The Labute approximate surface area is 302 Å². The highest BCUT2D eigenvalue weighted by Crippen LogP contribution is 2.44. The maximum Gasteiger partial charge on any atom is 0.137 e. The summed E-state index contributed by atoms with van der Waals surface area (Å²) in [5.41, 5.74) is 12.1. The van der Waals surface area contributed by atoms with Crippen molar-refractivity contribution in [2.45, 2.75) is 0 Å². The molecule has 0 aliphatic carbocycles. The van der Waals surface area contributed by atoms with Crippen LogP contribution in [0.4, 0.5) is 17.1 Å². The Balaban J connectivity index is 1.13. The Hall–Kier alpha value is -6.90. The first-order valence-corrected chi connectivity index (χ1v) is 17.8. The third kappa shape index (κ3) is 5.21. The second-order valence-electron chi connectivity index (χ2n) is 13.3. The molecule has 0 N–H and O–H groups in total. The van der Waals surface area contributed by atoms with E-state index in [-0.39, 0.29) is 0 Å². The normalized spacial score (nSPS) is 11.5. The highest BCUT2D eigenvalue weighted by molar-refractivity contribution is 6.14. The van der Waals surface area contributed by atoms with Crippen LogP contribution in [0.3, 0.4) is 0 Å². The predicted molar refractivity (Wildman–Crippen MR) is 220 cm³/mol. The van der Waals surface area contributed by atoms with Crippen molar-refractivity contribution in [1.82, 2.24) is 0 Å². The Morgan fingerprint density at radius 2 is 0.808 bits per heavy atom. The third-order valence-electron chi connectivity index (χ3n) is 10.3. The molecule has 0 radical (unpaired) electrons. The van der Waals surface area contributed by atoms with Gasteiger partial charge in [-0.1, -0.05) is 146 Å². The van der Waals surface area contributed by atoms with Crippen molar-refractivity contribution in [3.05, 3.63) is 200 Å². The Morgan fingerprint density at radius 1 is 0.308 bits per heavy atom. The SMILES string of the molecule is c1ccc(-c2ccc(N(c3ccc(-c4ccc5ccc6ccccc6c5c4)cc3)c3cccc4oc5ccc(-c6ccccc6)cc5c34)cc2)cc1. The van der Waals surface area contributed by atoms with E-state index in [2.05, 4.69) is 205 Å². The fourth-order valence-corrected chi connectivity index (χ4v) is 7.65. The number of hydrogen-bond acceptors (Lipinski definition) is 2. The van der Waals surface area contributed by atoms with Crippen molar-refractivity contribution in [3.63, 3.8) is 0 Å². The van der Waals surface area contributed by atoms with Crippen molar-refractivity contribution in [2.24, 2.45) is 0 Å². The molecule has 1 heterocycles. The zero-order valence-corrected chi connectivity index (χ0v) is 28.4. The first-order valence-electron chi connectivity index (χ1n) is 17.8. The minimum atomic E-state index is 0.864. The number of hydrogen-bond donors (Lipinski definition) is 0. The number of nitrogens with zero attached hydrogens (tertiary/aromatic N) is 1. The molecule has 2 nitrogen and oxygen atoms in total. The van der Waals surface area contributed by atoms with Gasteiger partial charge in [0, 0.05) is 16.8 Å². The summed E-state index contributed by atoms with van der Waals surface area (Å²) >= 11 is 0. The summed E-state index contributed by atoms with van der Waals surface area (Å²) in [4.78, 5) is 2.36.